The fourth-order valence-electron chi connectivity index (χ4n) is 6.21. The van der Waals surface area contributed by atoms with Crippen molar-refractivity contribution in [3.63, 3.8) is 0 Å². The molecule has 4 bridgehead atoms. The number of hydrogen-bond acceptors (Lipinski definition) is 2. The van der Waals surface area contributed by atoms with Gasteiger partial charge < -0.3 is 10.2 Å². The lowest BCUT2D eigenvalue weighted by Gasteiger charge is -2.39. The van der Waals surface area contributed by atoms with Gasteiger partial charge in [-0.3, -0.25) is 9.59 Å². The molecule has 4 aliphatic carbocycles. The van der Waals surface area contributed by atoms with E-state index < -0.39 is 0 Å². The van der Waals surface area contributed by atoms with Crippen LogP contribution >= 0.6 is 0 Å². The molecule has 0 aromatic heterocycles. The second-order valence-corrected chi connectivity index (χ2v) is 9.99. The van der Waals surface area contributed by atoms with Crippen LogP contribution in [-0.4, -0.2) is 35.8 Å². The number of amides is 2. The largest absolute Gasteiger partial charge is 0.354 e. The van der Waals surface area contributed by atoms with Gasteiger partial charge in [-0.15, -0.1) is 0 Å². The lowest BCUT2D eigenvalue weighted by molar-refractivity contribution is -0.141. The molecule has 4 aliphatic rings. The fourth-order valence-corrected chi connectivity index (χ4v) is 6.21. The number of nitrogens with zero attached hydrogens (tertiary/aromatic N) is 1. The molecule has 4 saturated carbocycles. The summed E-state index contributed by atoms with van der Waals surface area (Å²) >= 11 is 0. The molecule has 25 heavy (non-hydrogen) atoms. The molecule has 4 fully saturated rings. The van der Waals surface area contributed by atoms with Crippen molar-refractivity contribution in [3.05, 3.63) is 0 Å². The average molecular weight is 347 g/mol. The summed E-state index contributed by atoms with van der Waals surface area (Å²) in [7, 11) is 1.93. The number of carbonyl (C=O) groups is 2. The number of hydrogen-bond donors (Lipinski definition) is 1. The predicted molar refractivity (Wildman–Crippen MR) is 97.7 cm³/mol. The summed E-state index contributed by atoms with van der Waals surface area (Å²) < 4.78 is 0. The second kappa shape index (κ2) is 6.28. The molecule has 4 nitrogen and oxygen atoms in total. The van der Waals surface area contributed by atoms with Crippen LogP contribution in [0.4, 0.5) is 0 Å². The van der Waals surface area contributed by atoms with E-state index in [2.05, 4.69) is 19.2 Å². The van der Waals surface area contributed by atoms with E-state index in [0.717, 1.165) is 24.7 Å². The van der Waals surface area contributed by atoms with Crippen LogP contribution in [0.1, 0.15) is 65.2 Å². The smallest absolute Gasteiger partial charge is 0.226 e. The maximum absolute atomic E-state index is 13.0. The zero-order valence-electron chi connectivity index (χ0n) is 16.1. The summed E-state index contributed by atoms with van der Waals surface area (Å²) in [4.78, 5) is 27.5. The minimum absolute atomic E-state index is 0.223. The van der Waals surface area contributed by atoms with E-state index in [4.69, 9.17) is 0 Å². The minimum atomic E-state index is -0.327. The van der Waals surface area contributed by atoms with Gasteiger partial charge in [0.05, 0.1) is 5.54 Å². The molecule has 6 atom stereocenters. The van der Waals surface area contributed by atoms with Crippen molar-refractivity contribution < 1.29 is 9.59 Å². The summed E-state index contributed by atoms with van der Waals surface area (Å²) in [5, 5.41) is 3.18. The molecular formula is C21H34N2O2. The highest BCUT2D eigenvalue weighted by atomic mass is 16.2. The van der Waals surface area contributed by atoms with E-state index in [1.807, 2.05) is 11.9 Å². The standard InChI is InChI=1S/C21H34N2O2/c1-21(2,12-22-19(24)17-10-13-4-6-15(17)8-13)23(3)20(25)18-11-14-5-7-16(18)9-14/h13-18H,4-12H2,1-3H3,(H,22,24)/t13-,14-,15-,16-,17+,18-/m0/s1. The molecule has 0 saturated heterocycles. The zero-order chi connectivity index (χ0) is 17.8. The quantitative estimate of drug-likeness (QED) is 0.831. The van der Waals surface area contributed by atoms with Crippen molar-refractivity contribution in [2.24, 2.45) is 35.5 Å². The van der Waals surface area contributed by atoms with Crippen LogP contribution in [0.3, 0.4) is 0 Å². The third-order valence-corrected chi connectivity index (χ3v) is 8.06. The maximum Gasteiger partial charge on any atom is 0.226 e. The summed E-state index contributed by atoms with van der Waals surface area (Å²) in [5.74, 6) is 3.77. The first-order valence-corrected chi connectivity index (χ1v) is 10.4. The molecule has 0 unspecified atom stereocenters. The average Bonchev–Trinajstić information content (AvgIpc) is 3.38. The highest BCUT2D eigenvalue weighted by Crippen LogP contribution is 2.49. The topological polar surface area (TPSA) is 49.4 Å². The molecule has 0 aliphatic heterocycles. The van der Waals surface area contributed by atoms with Crippen LogP contribution < -0.4 is 5.32 Å². The number of rotatable bonds is 5. The van der Waals surface area contributed by atoms with Gasteiger partial charge in [0.2, 0.25) is 11.8 Å². The predicted octanol–water partition coefficient (Wildman–Crippen LogP) is 3.21. The van der Waals surface area contributed by atoms with Gasteiger partial charge in [0.15, 0.2) is 0 Å². The Bertz CT molecular complexity index is 558. The Kier molecular flexibility index (Phi) is 4.36. The summed E-state index contributed by atoms with van der Waals surface area (Å²) in [5.41, 5.74) is -0.327. The maximum atomic E-state index is 13.0. The molecule has 4 heteroatoms. The third-order valence-electron chi connectivity index (χ3n) is 8.06. The minimum Gasteiger partial charge on any atom is -0.354 e. The Hall–Kier alpha value is -1.06. The molecule has 1 N–H and O–H groups in total. The van der Waals surface area contributed by atoms with Gasteiger partial charge in [0.25, 0.3) is 0 Å². The molecule has 2 amide bonds. The number of carbonyl (C=O) groups excluding carboxylic acids is 2. The van der Waals surface area contributed by atoms with Crippen molar-refractivity contribution >= 4 is 11.8 Å². The Morgan fingerprint density at radius 2 is 1.48 bits per heavy atom. The highest BCUT2D eigenvalue weighted by molar-refractivity contribution is 5.81. The molecule has 0 heterocycles. The van der Waals surface area contributed by atoms with E-state index in [0.29, 0.717) is 24.3 Å². The summed E-state index contributed by atoms with van der Waals surface area (Å²) in [6.07, 6.45) is 9.78. The van der Waals surface area contributed by atoms with Gasteiger partial charge in [-0.05, 0) is 76.0 Å². The fraction of sp³-hybridized carbons (Fsp3) is 0.905. The van der Waals surface area contributed by atoms with E-state index in [-0.39, 0.29) is 23.3 Å². The molecular weight excluding hydrogens is 312 g/mol. The van der Waals surface area contributed by atoms with E-state index >= 15 is 0 Å². The molecule has 140 valence electrons. The Morgan fingerprint density at radius 1 is 0.920 bits per heavy atom. The SMILES string of the molecule is CN(C(=O)[C@H]1C[C@H]2CC[C@H]1C2)C(C)(C)CNC(=O)[C@@H]1C[C@H]2CC[C@H]1C2. The first kappa shape index (κ1) is 17.4. The lowest BCUT2D eigenvalue weighted by Crippen LogP contribution is -2.55. The number of nitrogens with one attached hydrogen (secondary N) is 1. The first-order valence-electron chi connectivity index (χ1n) is 10.4. The molecule has 0 radical (unpaired) electrons. The van der Waals surface area contributed by atoms with Gasteiger partial charge in [-0.1, -0.05) is 12.8 Å². The van der Waals surface area contributed by atoms with Crippen LogP contribution in [0, 0.1) is 35.5 Å². The van der Waals surface area contributed by atoms with Crippen LogP contribution in [0.25, 0.3) is 0 Å². The van der Waals surface area contributed by atoms with Crippen molar-refractivity contribution in [1.82, 2.24) is 10.2 Å². The monoisotopic (exact) mass is 346 g/mol. The van der Waals surface area contributed by atoms with Crippen molar-refractivity contribution in [3.8, 4) is 0 Å². The third kappa shape index (κ3) is 3.10. The molecule has 4 rings (SSSR count). The van der Waals surface area contributed by atoms with Crippen LogP contribution in [0.5, 0.6) is 0 Å². The second-order valence-electron chi connectivity index (χ2n) is 9.99. The highest BCUT2D eigenvalue weighted by Gasteiger charge is 2.46. The van der Waals surface area contributed by atoms with Crippen LogP contribution in [-0.2, 0) is 9.59 Å². The van der Waals surface area contributed by atoms with E-state index in [1.54, 1.807) is 0 Å². The van der Waals surface area contributed by atoms with E-state index in [9.17, 15) is 9.59 Å². The Labute approximate surface area is 152 Å². The number of fused-ring (bicyclic) bond motifs is 4. The van der Waals surface area contributed by atoms with E-state index in [1.165, 1.54) is 38.5 Å². The van der Waals surface area contributed by atoms with Gasteiger partial charge in [-0.25, -0.2) is 0 Å². The Balaban J connectivity index is 1.31. The van der Waals surface area contributed by atoms with Gasteiger partial charge >= 0.3 is 0 Å². The number of likely N-dealkylation sites (N-methyl/N-ethyl adjacent to an activating group) is 1. The van der Waals surface area contributed by atoms with Gasteiger partial charge in [0.1, 0.15) is 0 Å². The molecule has 0 aromatic carbocycles. The van der Waals surface area contributed by atoms with Crippen LogP contribution in [0.2, 0.25) is 0 Å². The zero-order valence-corrected chi connectivity index (χ0v) is 16.1. The summed E-state index contributed by atoms with van der Waals surface area (Å²) in [6, 6.07) is 0. The van der Waals surface area contributed by atoms with Gasteiger partial charge in [-0.2, -0.15) is 0 Å². The van der Waals surface area contributed by atoms with Crippen LogP contribution in [0.15, 0.2) is 0 Å². The van der Waals surface area contributed by atoms with Crippen molar-refractivity contribution in [1.29, 1.82) is 0 Å². The van der Waals surface area contributed by atoms with Crippen molar-refractivity contribution in [2.75, 3.05) is 13.6 Å². The first-order chi connectivity index (χ1) is 11.8. The lowest BCUT2D eigenvalue weighted by atomic mass is 9.86. The molecule has 0 aromatic rings. The Morgan fingerprint density at radius 3 is 1.96 bits per heavy atom. The normalized spacial score (nSPS) is 39.0. The summed E-state index contributed by atoms with van der Waals surface area (Å²) in [6.45, 7) is 4.72. The molecule has 0 spiro atoms. The van der Waals surface area contributed by atoms with Gasteiger partial charge in [0, 0.05) is 25.4 Å². The van der Waals surface area contributed by atoms with Crippen molar-refractivity contribution in [2.45, 2.75) is 70.8 Å².